The van der Waals surface area contributed by atoms with E-state index in [2.05, 4.69) is 10.1 Å². The summed E-state index contributed by atoms with van der Waals surface area (Å²) >= 11 is 0. The van der Waals surface area contributed by atoms with Gasteiger partial charge in [-0.3, -0.25) is 9.59 Å². The number of rotatable bonds is 4. The van der Waals surface area contributed by atoms with Crippen molar-refractivity contribution in [3.8, 4) is 5.75 Å². The first-order chi connectivity index (χ1) is 10.8. The predicted octanol–water partition coefficient (Wildman–Crippen LogP) is 3.41. The molecular formula is C15H16F3NO4. The highest BCUT2D eigenvalue weighted by Crippen LogP contribution is 2.33. The van der Waals surface area contributed by atoms with Gasteiger partial charge in [0.2, 0.25) is 5.91 Å². The maximum atomic E-state index is 12.4. The molecule has 0 heterocycles. The van der Waals surface area contributed by atoms with Gasteiger partial charge in [0.15, 0.2) is 5.75 Å². The van der Waals surface area contributed by atoms with Crippen LogP contribution in [0.5, 0.6) is 5.75 Å². The standard InChI is InChI=1S/C15H16F3NO4/c16-15(17,18)23-12-7-2-1-6-11(12)19-13(20)9-4-3-5-10(8-9)14(21)22/h1-2,6-7,9-10H,3-5,8H2,(H,19,20)(H,21,22). The summed E-state index contributed by atoms with van der Waals surface area (Å²) in [4.78, 5) is 23.2. The molecule has 1 saturated carbocycles. The van der Waals surface area contributed by atoms with E-state index in [-0.39, 0.29) is 12.1 Å². The van der Waals surface area contributed by atoms with E-state index >= 15 is 0 Å². The topological polar surface area (TPSA) is 75.6 Å². The Kier molecular flexibility index (Phi) is 5.12. The molecule has 0 aromatic heterocycles. The van der Waals surface area contributed by atoms with Crippen LogP contribution in [0.15, 0.2) is 24.3 Å². The van der Waals surface area contributed by atoms with Gasteiger partial charge in [0, 0.05) is 5.92 Å². The molecule has 0 spiro atoms. The summed E-state index contributed by atoms with van der Waals surface area (Å²) in [6, 6.07) is 5.23. The third-order valence-electron chi connectivity index (χ3n) is 3.76. The second kappa shape index (κ2) is 6.89. The largest absolute Gasteiger partial charge is 0.573 e. The van der Waals surface area contributed by atoms with Gasteiger partial charge in [0.1, 0.15) is 0 Å². The Labute approximate surface area is 130 Å². The van der Waals surface area contributed by atoms with Crippen molar-refractivity contribution in [2.75, 3.05) is 5.32 Å². The van der Waals surface area contributed by atoms with E-state index in [1.807, 2.05) is 0 Å². The zero-order valence-corrected chi connectivity index (χ0v) is 12.1. The second-order valence-corrected chi connectivity index (χ2v) is 5.43. The van der Waals surface area contributed by atoms with E-state index in [1.54, 1.807) is 0 Å². The smallest absolute Gasteiger partial charge is 0.481 e. The fraction of sp³-hybridized carbons (Fsp3) is 0.467. The number of hydrogen-bond donors (Lipinski definition) is 2. The SMILES string of the molecule is O=C(O)C1CCCC(C(=O)Nc2ccccc2OC(F)(F)F)C1. The highest BCUT2D eigenvalue weighted by Gasteiger charge is 2.34. The maximum absolute atomic E-state index is 12.4. The van der Waals surface area contributed by atoms with E-state index in [4.69, 9.17) is 5.11 Å². The fourth-order valence-electron chi connectivity index (χ4n) is 2.67. The van der Waals surface area contributed by atoms with Gasteiger partial charge < -0.3 is 15.2 Å². The van der Waals surface area contributed by atoms with Crippen molar-refractivity contribution in [2.24, 2.45) is 11.8 Å². The number of carboxylic acid groups (broad SMARTS) is 1. The molecule has 2 unspecified atom stereocenters. The van der Waals surface area contributed by atoms with Crippen LogP contribution in [-0.4, -0.2) is 23.3 Å². The Bertz CT molecular complexity index is 588. The van der Waals surface area contributed by atoms with Gasteiger partial charge in [0.25, 0.3) is 0 Å². The van der Waals surface area contributed by atoms with Crippen LogP contribution in [0.3, 0.4) is 0 Å². The number of aliphatic carboxylic acids is 1. The minimum atomic E-state index is -4.86. The molecule has 0 bridgehead atoms. The van der Waals surface area contributed by atoms with E-state index in [9.17, 15) is 22.8 Å². The lowest BCUT2D eigenvalue weighted by molar-refractivity contribution is -0.274. The summed E-state index contributed by atoms with van der Waals surface area (Å²) < 4.78 is 40.9. The number of carboxylic acids is 1. The maximum Gasteiger partial charge on any atom is 0.573 e. The highest BCUT2D eigenvalue weighted by molar-refractivity contribution is 5.94. The van der Waals surface area contributed by atoms with Crippen molar-refractivity contribution in [1.29, 1.82) is 0 Å². The number of halogens is 3. The second-order valence-electron chi connectivity index (χ2n) is 5.43. The zero-order chi connectivity index (χ0) is 17.0. The van der Waals surface area contributed by atoms with Crippen molar-refractivity contribution in [1.82, 2.24) is 0 Å². The minimum absolute atomic E-state index is 0.0905. The molecule has 1 aliphatic carbocycles. The number of amides is 1. The Morgan fingerprint density at radius 2 is 1.83 bits per heavy atom. The van der Waals surface area contributed by atoms with Gasteiger partial charge in [-0.1, -0.05) is 18.6 Å². The van der Waals surface area contributed by atoms with Crippen molar-refractivity contribution in [3.05, 3.63) is 24.3 Å². The summed E-state index contributed by atoms with van der Waals surface area (Å²) in [6.07, 6.45) is -3.07. The van der Waals surface area contributed by atoms with Crippen LogP contribution in [0.2, 0.25) is 0 Å². The lowest BCUT2D eigenvalue weighted by Gasteiger charge is -2.26. The lowest BCUT2D eigenvalue weighted by atomic mass is 9.81. The number of carbonyl (C=O) groups excluding carboxylic acids is 1. The molecule has 0 aliphatic heterocycles. The summed E-state index contributed by atoms with van der Waals surface area (Å²) in [5.41, 5.74) is -0.0905. The normalized spacial score (nSPS) is 21.5. The molecule has 1 aromatic rings. The van der Waals surface area contributed by atoms with Gasteiger partial charge >= 0.3 is 12.3 Å². The van der Waals surface area contributed by atoms with Crippen LogP contribution < -0.4 is 10.1 Å². The molecule has 1 amide bonds. The van der Waals surface area contributed by atoms with Gasteiger partial charge in [-0.05, 0) is 31.4 Å². The van der Waals surface area contributed by atoms with Gasteiger partial charge in [-0.25, -0.2) is 0 Å². The molecule has 1 aromatic carbocycles. The highest BCUT2D eigenvalue weighted by atomic mass is 19.4. The molecule has 126 valence electrons. The molecule has 2 atom stereocenters. The monoisotopic (exact) mass is 331 g/mol. The molecule has 0 saturated heterocycles. The third-order valence-corrected chi connectivity index (χ3v) is 3.76. The third kappa shape index (κ3) is 4.87. The van der Waals surface area contributed by atoms with E-state index in [1.165, 1.54) is 18.2 Å². The quantitative estimate of drug-likeness (QED) is 0.886. The van der Waals surface area contributed by atoms with Gasteiger partial charge in [-0.15, -0.1) is 13.2 Å². The number of ether oxygens (including phenoxy) is 1. The van der Waals surface area contributed by atoms with Crippen molar-refractivity contribution in [2.45, 2.75) is 32.0 Å². The first-order valence-electron chi connectivity index (χ1n) is 7.14. The van der Waals surface area contributed by atoms with Crippen LogP contribution in [0.4, 0.5) is 18.9 Å². The van der Waals surface area contributed by atoms with Crippen LogP contribution in [-0.2, 0) is 9.59 Å². The first-order valence-corrected chi connectivity index (χ1v) is 7.14. The predicted molar refractivity (Wildman–Crippen MR) is 74.8 cm³/mol. The van der Waals surface area contributed by atoms with Gasteiger partial charge in [0.05, 0.1) is 11.6 Å². The van der Waals surface area contributed by atoms with E-state index < -0.39 is 35.8 Å². The molecule has 23 heavy (non-hydrogen) atoms. The molecular weight excluding hydrogens is 315 g/mol. The molecule has 0 radical (unpaired) electrons. The van der Waals surface area contributed by atoms with E-state index in [0.717, 1.165) is 6.07 Å². The molecule has 8 heteroatoms. The van der Waals surface area contributed by atoms with Crippen LogP contribution in [0, 0.1) is 11.8 Å². The number of nitrogens with one attached hydrogen (secondary N) is 1. The molecule has 5 nitrogen and oxygen atoms in total. The summed E-state index contributed by atoms with van der Waals surface area (Å²) in [5.74, 6) is -3.08. The summed E-state index contributed by atoms with van der Waals surface area (Å²) in [6.45, 7) is 0. The van der Waals surface area contributed by atoms with Crippen LogP contribution >= 0.6 is 0 Å². The zero-order valence-electron chi connectivity index (χ0n) is 12.1. The molecule has 2 N–H and O–H groups in total. The Morgan fingerprint density at radius 3 is 2.48 bits per heavy atom. The molecule has 1 fully saturated rings. The lowest BCUT2D eigenvalue weighted by Crippen LogP contribution is -2.31. The van der Waals surface area contributed by atoms with Gasteiger partial charge in [-0.2, -0.15) is 0 Å². The average molecular weight is 331 g/mol. The van der Waals surface area contributed by atoms with Crippen molar-refractivity contribution >= 4 is 17.6 Å². The van der Waals surface area contributed by atoms with Crippen molar-refractivity contribution in [3.63, 3.8) is 0 Å². The number of benzene rings is 1. The Hall–Kier alpha value is -2.25. The molecule has 2 rings (SSSR count). The number of hydrogen-bond acceptors (Lipinski definition) is 3. The summed E-state index contributed by atoms with van der Waals surface area (Å²) in [7, 11) is 0. The number of para-hydroxylation sites is 2. The number of carbonyl (C=O) groups is 2. The van der Waals surface area contributed by atoms with E-state index in [0.29, 0.717) is 19.3 Å². The Balaban J connectivity index is 2.07. The van der Waals surface area contributed by atoms with Crippen LogP contribution in [0.25, 0.3) is 0 Å². The first kappa shape index (κ1) is 17.1. The van der Waals surface area contributed by atoms with Crippen molar-refractivity contribution < 1.29 is 32.6 Å². The number of alkyl halides is 3. The van der Waals surface area contributed by atoms with Crippen LogP contribution in [0.1, 0.15) is 25.7 Å². The number of anilines is 1. The Morgan fingerprint density at radius 1 is 1.17 bits per heavy atom. The minimum Gasteiger partial charge on any atom is -0.481 e. The average Bonchev–Trinajstić information content (AvgIpc) is 2.48. The molecule has 1 aliphatic rings. The summed E-state index contributed by atoms with van der Waals surface area (Å²) in [5, 5.41) is 11.4. The fourth-order valence-corrected chi connectivity index (χ4v) is 2.67.